The number of nitrogens with zero attached hydrogens (tertiary/aromatic N) is 1. The second kappa shape index (κ2) is 5.10. The number of anilines is 1. The first-order chi connectivity index (χ1) is 9.27. The summed E-state index contributed by atoms with van der Waals surface area (Å²) in [6.45, 7) is 3.08. The Bertz CT molecular complexity index is 533. The Balaban J connectivity index is 2.01. The molecule has 2 N–H and O–H groups in total. The Morgan fingerprint density at radius 1 is 1.21 bits per heavy atom. The molecule has 0 saturated heterocycles. The molecule has 0 aliphatic carbocycles. The zero-order valence-electron chi connectivity index (χ0n) is 11.3. The van der Waals surface area contributed by atoms with E-state index in [1.54, 1.807) is 6.26 Å². The van der Waals surface area contributed by atoms with E-state index in [-0.39, 0.29) is 12.1 Å². The van der Waals surface area contributed by atoms with Crippen molar-refractivity contribution in [3.8, 4) is 0 Å². The predicted octanol–water partition coefficient (Wildman–Crippen LogP) is 3.12. The molecule has 3 heteroatoms. The lowest BCUT2D eigenvalue weighted by Crippen LogP contribution is -2.42. The summed E-state index contributed by atoms with van der Waals surface area (Å²) in [6, 6.07) is 12.7. The number of hydrogen-bond donors (Lipinski definition) is 1. The summed E-state index contributed by atoms with van der Waals surface area (Å²) in [6.07, 6.45) is 4.04. The highest BCUT2D eigenvalue weighted by molar-refractivity contribution is 5.57. The molecule has 0 radical (unpaired) electrons. The molecule has 2 aromatic rings. The van der Waals surface area contributed by atoms with Crippen LogP contribution >= 0.6 is 0 Å². The van der Waals surface area contributed by atoms with Gasteiger partial charge in [-0.2, -0.15) is 0 Å². The normalized spacial score (nSPS) is 17.9. The highest BCUT2D eigenvalue weighted by Gasteiger charge is 2.29. The molecule has 1 aliphatic heterocycles. The Kier molecular flexibility index (Phi) is 3.30. The van der Waals surface area contributed by atoms with E-state index in [0.717, 1.165) is 18.7 Å². The molecule has 1 aliphatic rings. The maximum absolute atomic E-state index is 6.21. The van der Waals surface area contributed by atoms with Gasteiger partial charge in [0.2, 0.25) is 0 Å². The summed E-state index contributed by atoms with van der Waals surface area (Å²) in [7, 11) is 0. The molecule has 1 aromatic carbocycles. The standard InChI is InChI=1S/C16H20N2O/c1-12(17)16(15-9-5-11-19-15)18-10-4-7-13-6-2-3-8-14(13)18/h2-3,5-6,8-9,11-12,16H,4,7,10,17H2,1H3. The summed E-state index contributed by atoms with van der Waals surface area (Å²) < 4.78 is 5.60. The summed E-state index contributed by atoms with van der Waals surface area (Å²) in [5.41, 5.74) is 8.92. The number of rotatable bonds is 3. The van der Waals surface area contributed by atoms with Crippen molar-refractivity contribution in [2.24, 2.45) is 5.73 Å². The van der Waals surface area contributed by atoms with Crippen molar-refractivity contribution < 1.29 is 4.42 Å². The van der Waals surface area contributed by atoms with Gasteiger partial charge in [0.25, 0.3) is 0 Å². The number of aryl methyl sites for hydroxylation is 1. The highest BCUT2D eigenvalue weighted by Crippen LogP contribution is 2.35. The van der Waals surface area contributed by atoms with Gasteiger partial charge in [-0.15, -0.1) is 0 Å². The van der Waals surface area contributed by atoms with Crippen LogP contribution in [0.2, 0.25) is 0 Å². The van der Waals surface area contributed by atoms with Gasteiger partial charge in [-0.05, 0) is 43.5 Å². The third-order valence-electron chi connectivity index (χ3n) is 3.81. The number of furan rings is 1. The first-order valence-electron chi connectivity index (χ1n) is 6.91. The molecule has 2 unspecified atom stereocenters. The minimum Gasteiger partial charge on any atom is -0.467 e. The highest BCUT2D eigenvalue weighted by atomic mass is 16.3. The number of para-hydroxylation sites is 1. The molecule has 2 heterocycles. The van der Waals surface area contributed by atoms with Gasteiger partial charge in [0.1, 0.15) is 11.8 Å². The molecular weight excluding hydrogens is 236 g/mol. The first-order valence-corrected chi connectivity index (χ1v) is 6.91. The van der Waals surface area contributed by atoms with Gasteiger partial charge in [0, 0.05) is 18.3 Å². The lowest BCUT2D eigenvalue weighted by molar-refractivity contribution is 0.407. The van der Waals surface area contributed by atoms with Crippen LogP contribution in [0.3, 0.4) is 0 Å². The van der Waals surface area contributed by atoms with E-state index in [1.807, 2.05) is 19.1 Å². The van der Waals surface area contributed by atoms with Crippen LogP contribution in [-0.2, 0) is 6.42 Å². The molecule has 100 valence electrons. The Morgan fingerprint density at radius 3 is 2.79 bits per heavy atom. The van der Waals surface area contributed by atoms with Crippen molar-refractivity contribution >= 4 is 5.69 Å². The number of benzene rings is 1. The topological polar surface area (TPSA) is 42.4 Å². The van der Waals surface area contributed by atoms with Crippen LogP contribution in [0.5, 0.6) is 0 Å². The van der Waals surface area contributed by atoms with Crippen molar-refractivity contribution in [2.45, 2.75) is 31.8 Å². The van der Waals surface area contributed by atoms with E-state index in [4.69, 9.17) is 10.2 Å². The molecule has 3 rings (SSSR count). The van der Waals surface area contributed by atoms with Crippen molar-refractivity contribution in [1.82, 2.24) is 0 Å². The number of hydrogen-bond acceptors (Lipinski definition) is 3. The van der Waals surface area contributed by atoms with Gasteiger partial charge < -0.3 is 15.1 Å². The van der Waals surface area contributed by atoms with E-state index < -0.39 is 0 Å². The molecule has 0 amide bonds. The lowest BCUT2D eigenvalue weighted by Gasteiger charge is -2.38. The smallest absolute Gasteiger partial charge is 0.127 e. The Labute approximate surface area is 114 Å². The maximum atomic E-state index is 6.21. The fourth-order valence-corrected chi connectivity index (χ4v) is 3.01. The van der Waals surface area contributed by atoms with E-state index in [0.29, 0.717) is 0 Å². The fraction of sp³-hybridized carbons (Fsp3) is 0.375. The quantitative estimate of drug-likeness (QED) is 0.917. The summed E-state index contributed by atoms with van der Waals surface area (Å²) >= 11 is 0. The summed E-state index contributed by atoms with van der Waals surface area (Å²) in [5.74, 6) is 0.951. The van der Waals surface area contributed by atoms with Crippen LogP contribution in [0.4, 0.5) is 5.69 Å². The van der Waals surface area contributed by atoms with Crippen molar-refractivity contribution in [3.63, 3.8) is 0 Å². The molecule has 0 bridgehead atoms. The van der Waals surface area contributed by atoms with Crippen LogP contribution in [-0.4, -0.2) is 12.6 Å². The maximum Gasteiger partial charge on any atom is 0.127 e. The predicted molar refractivity (Wildman–Crippen MR) is 77.2 cm³/mol. The van der Waals surface area contributed by atoms with Gasteiger partial charge in [0.05, 0.1) is 6.26 Å². The molecular formula is C16H20N2O. The summed E-state index contributed by atoms with van der Waals surface area (Å²) in [5, 5.41) is 0. The van der Waals surface area contributed by atoms with E-state index in [1.165, 1.54) is 17.7 Å². The zero-order valence-corrected chi connectivity index (χ0v) is 11.3. The van der Waals surface area contributed by atoms with Crippen LogP contribution in [0, 0.1) is 0 Å². The van der Waals surface area contributed by atoms with Gasteiger partial charge >= 0.3 is 0 Å². The lowest BCUT2D eigenvalue weighted by atomic mass is 9.97. The van der Waals surface area contributed by atoms with Gasteiger partial charge in [-0.1, -0.05) is 18.2 Å². The molecule has 3 nitrogen and oxygen atoms in total. The van der Waals surface area contributed by atoms with Crippen molar-refractivity contribution in [2.75, 3.05) is 11.4 Å². The third-order valence-corrected chi connectivity index (χ3v) is 3.81. The van der Waals surface area contributed by atoms with Crippen LogP contribution < -0.4 is 10.6 Å². The van der Waals surface area contributed by atoms with Gasteiger partial charge in [-0.25, -0.2) is 0 Å². The molecule has 2 atom stereocenters. The minimum atomic E-state index is 0.0253. The van der Waals surface area contributed by atoms with Gasteiger partial charge in [0.15, 0.2) is 0 Å². The van der Waals surface area contributed by atoms with Crippen LogP contribution in [0.1, 0.15) is 30.7 Å². The van der Waals surface area contributed by atoms with Crippen molar-refractivity contribution in [1.29, 1.82) is 0 Å². The number of fused-ring (bicyclic) bond motifs is 1. The van der Waals surface area contributed by atoms with E-state index in [9.17, 15) is 0 Å². The average Bonchev–Trinajstić information content (AvgIpc) is 2.93. The van der Waals surface area contributed by atoms with Crippen LogP contribution in [0.25, 0.3) is 0 Å². The van der Waals surface area contributed by atoms with Crippen LogP contribution in [0.15, 0.2) is 47.1 Å². The zero-order chi connectivity index (χ0) is 13.2. The molecule has 0 saturated carbocycles. The first kappa shape index (κ1) is 12.3. The molecule has 1 aromatic heterocycles. The van der Waals surface area contributed by atoms with E-state index in [2.05, 4.69) is 29.2 Å². The molecule has 0 spiro atoms. The Hall–Kier alpha value is -1.74. The molecule has 0 fully saturated rings. The third kappa shape index (κ3) is 2.26. The monoisotopic (exact) mass is 256 g/mol. The molecule has 19 heavy (non-hydrogen) atoms. The minimum absolute atomic E-state index is 0.0253. The average molecular weight is 256 g/mol. The van der Waals surface area contributed by atoms with Gasteiger partial charge in [-0.3, -0.25) is 0 Å². The fourth-order valence-electron chi connectivity index (χ4n) is 3.01. The second-order valence-corrected chi connectivity index (χ2v) is 5.25. The number of nitrogens with two attached hydrogens (primary N) is 1. The second-order valence-electron chi connectivity index (χ2n) is 5.25. The van der Waals surface area contributed by atoms with Crippen molar-refractivity contribution in [3.05, 3.63) is 54.0 Å². The summed E-state index contributed by atoms with van der Waals surface area (Å²) in [4.78, 5) is 2.39. The SMILES string of the molecule is CC(N)C(c1ccco1)N1CCCc2ccccc21. The largest absolute Gasteiger partial charge is 0.467 e. The van der Waals surface area contributed by atoms with E-state index >= 15 is 0 Å². The Morgan fingerprint density at radius 2 is 2.05 bits per heavy atom.